The molecule has 24 heavy (non-hydrogen) atoms. The molecule has 0 aliphatic heterocycles. The fraction of sp³-hybridized carbons (Fsp3) is 0.412. The first kappa shape index (κ1) is 20.0. The third-order valence-corrected chi connectivity index (χ3v) is 3.15. The first-order valence-corrected chi connectivity index (χ1v) is 7.82. The molecular weight excluding hydrogens is 328 g/mol. The topological polar surface area (TPSA) is 68.2 Å². The molecule has 0 aliphatic rings. The van der Waals surface area contributed by atoms with Crippen LogP contribution in [-0.4, -0.2) is 42.4 Å². The smallest absolute Gasteiger partial charge is 0.275 e. The Labute approximate surface area is 149 Å². The second-order valence-electron chi connectivity index (χ2n) is 5.69. The van der Waals surface area contributed by atoms with Crippen molar-refractivity contribution in [2.45, 2.75) is 13.8 Å². The number of ether oxygens (including phenoxy) is 1. The molecule has 0 radical (unpaired) electrons. The Bertz CT molecular complexity index is 629. The van der Waals surface area contributed by atoms with Gasteiger partial charge in [0.05, 0.1) is 18.5 Å². The Hall–Kier alpha value is -2.05. The normalized spacial score (nSPS) is 10.3. The van der Waals surface area contributed by atoms with E-state index in [-0.39, 0.29) is 18.3 Å². The summed E-state index contributed by atoms with van der Waals surface area (Å²) in [5, 5.41) is 10.2. The van der Waals surface area contributed by atoms with Crippen LogP contribution in [0.1, 0.15) is 24.3 Å². The van der Waals surface area contributed by atoms with E-state index < -0.39 is 0 Å². The van der Waals surface area contributed by atoms with Crippen molar-refractivity contribution in [3.8, 4) is 11.4 Å². The molecule has 1 aromatic carbocycles. The first-order chi connectivity index (χ1) is 11.1. The number of carbonyl (C=O) groups is 1. The van der Waals surface area contributed by atoms with Crippen LogP contribution < -0.4 is 15.4 Å². The minimum absolute atomic E-state index is 0. The largest absolute Gasteiger partial charge is 0.489 e. The predicted octanol–water partition coefficient (Wildman–Crippen LogP) is 2.28. The minimum Gasteiger partial charge on any atom is -0.489 e. The first-order valence-electron chi connectivity index (χ1n) is 7.82. The van der Waals surface area contributed by atoms with E-state index in [4.69, 9.17) is 4.74 Å². The van der Waals surface area contributed by atoms with Crippen molar-refractivity contribution in [1.82, 2.24) is 20.4 Å². The van der Waals surface area contributed by atoms with Crippen LogP contribution >= 0.6 is 12.4 Å². The average Bonchev–Trinajstić information content (AvgIpc) is 2.98. The number of para-hydroxylation sites is 1. The zero-order valence-electron chi connectivity index (χ0n) is 14.3. The number of nitrogens with zero attached hydrogens (tertiary/aromatic N) is 2. The molecule has 0 fully saturated rings. The maximum atomic E-state index is 12.3. The monoisotopic (exact) mass is 352 g/mol. The summed E-state index contributed by atoms with van der Waals surface area (Å²) in [6, 6.07) is 9.66. The molecule has 0 atom stereocenters. The van der Waals surface area contributed by atoms with E-state index in [1.165, 1.54) is 0 Å². The van der Waals surface area contributed by atoms with Gasteiger partial charge in [-0.05, 0) is 25.1 Å². The number of aromatic nitrogens is 2. The second kappa shape index (κ2) is 9.95. The number of rotatable bonds is 8. The second-order valence-corrected chi connectivity index (χ2v) is 5.69. The number of likely N-dealkylation sites (N-methyl/N-ethyl adjacent to an activating group) is 1. The van der Waals surface area contributed by atoms with Crippen LogP contribution in [0.25, 0.3) is 5.69 Å². The maximum Gasteiger partial charge on any atom is 0.275 e. The SMILES string of the molecule is CNCCNC(=O)c1nn(-c2ccccc2)cc1OCC(C)C.Cl. The van der Waals surface area contributed by atoms with E-state index in [0.29, 0.717) is 37.1 Å². The molecule has 7 heteroatoms. The van der Waals surface area contributed by atoms with Gasteiger partial charge in [0, 0.05) is 13.1 Å². The average molecular weight is 353 g/mol. The molecule has 132 valence electrons. The highest BCUT2D eigenvalue weighted by Gasteiger charge is 2.19. The van der Waals surface area contributed by atoms with E-state index in [1.807, 2.05) is 37.4 Å². The molecule has 0 saturated carbocycles. The van der Waals surface area contributed by atoms with E-state index in [9.17, 15) is 4.79 Å². The molecule has 0 aliphatic carbocycles. The van der Waals surface area contributed by atoms with Gasteiger partial charge in [0.25, 0.3) is 5.91 Å². The number of nitrogens with one attached hydrogen (secondary N) is 2. The number of halogens is 1. The Balaban J connectivity index is 0.00000288. The van der Waals surface area contributed by atoms with E-state index >= 15 is 0 Å². The molecule has 2 N–H and O–H groups in total. The number of amides is 1. The summed E-state index contributed by atoms with van der Waals surface area (Å²) in [4.78, 5) is 12.3. The Kier molecular flexibility index (Phi) is 8.29. The summed E-state index contributed by atoms with van der Waals surface area (Å²) in [6.07, 6.45) is 1.75. The quantitative estimate of drug-likeness (QED) is 0.715. The summed E-state index contributed by atoms with van der Waals surface area (Å²) in [7, 11) is 1.84. The zero-order chi connectivity index (χ0) is 16.7. The Morgan fingerprint density at radius 1 is 1.25 bits per heavy atom. The third kappa shape index (κ3) is 5.54. The maximum absolute atomic E-state index is 12.3. The highest BCUT2D eigenvalue weighted by Crippen LogP contribution is 2.20. The molecule has 0 spiro atoms. The van der Waals surface area contributed by atoms with Crippen molar-refractivity contribution in [2.75, 3.05) is 26.7 Å². The molecule has 0 unspecified atom stereocenters. The van der Waals surface area contributed by atoms with E-state index in [1.54, 1.807) is 10.9 Å². The van der Waals surface area contributed by atoms with Crippen LogP contribution in [0.5, 0.6) is 5.75 Å². The van der Waals surface area contributed by atoms with Crippen LogP contribution in [0.2, 0.25) is 0 Å². The van der Waals surface area contributed by atoms with Crippen LogP contribution in [0.4, 0.5) is 0 Å². The van der Waals surface area contributed by atoms with Crippen molar-refractivity contribution in [3.05, 3.63) is 42.2 Å². The van der Waals surface area contributed by atoms with Crippen molar-refractivity contribution in [3.63, 3.8) is 0 Å². The van der Waals surface area contributed by atoms with Gasteiger partial charge < -0.3 is 15.4 Å². The minimum atomic E-state index is -0.228. The van der Waals surface area contributed by atoms with Crippen LogP contribution in [0.15, 0.2) is 36.5 Å². The lowest BCUT2D eigenvalue weighted by molar-refractivity contribution is 0.0944. The summed E-state index contributed by atoms with van der Waals surface area (Å²) < 4.78 is 7.44. The standard InChI is InChI=1S/C17H24N4O2.ClH/c1-13(2)12-23-15-11-21(14-7-5-4-6-8-14)20-16(15)17(22)19-10-9-18-3;/h4-8,11,13,18H,9-10,12H2,1-3H3,(H,19,22);1H. The van der Waals surface area contributed by atoms with Gasteiger partial charge in [0.2, 0.25) is 0 Å². The zero-order valence-corrected chi connectivity index (χ0v) is 15.1. The molecule has 0 saturated heterocycles. The van der Waals surface area contributed by atoms with Crippen molar-refractivity contribution in [1.29, 1.82) is 0 Å². The molecule has 2 rings (SSSR count). The summed E-state index contributed by atoms with van der Waals surface area (Å²) in [6.45, 7) is 5.91. The fourth-order valence-electron chi connectivity index (χ4n) is 1.98. The number of carbonyl (C=O) groups excluding carboxylic acids is 1. The van der Waals surface area contributed by atoms with Crippen molar-refractivity contribution in [2.24, 2.45) is 5.92 Å². The molecule has 6 nitrogen and oxygen atoms in total. The van der Waals surface area contributed by atoms with Gasteiger partial charge in [-0.15, -0.1) is 12.4 Å². The van der Waals surface area contributed by atoms with Gasteiger partial charge in [0.1, 0.15) is 0 Å². The lowest BCUT2D eigenvalue weighted by Gasteiger charge is -2.08. The van der Waals surface area contributed by atoms with E-state index in [2.05, 4.69) is 29.6 Å². The van der Waals surface area contributed by atoms with Crippen molar-refractivity contribution < 1.29 is 9.53 Å². The van der Waals surface area contributed by atoms with Crippen molar-refractivity contribution >= 4 is 18.3 Å². The Morgan fingerprint density at radius 3 is 2.58 bits per heavy atom. The molecule has 1 heterocycles. The predicted molar refractivity (Wildman–Crippen MR) is 97.4 cm³/mol. The molecular formula is C17H25ClN4O2. The van der Waals surface area contributed by atoms with Crippen LogP contribution in [0.3, 0.4) is 0 Å². The van der Waals surface area contributed by atoms with Gasteiger partial charge in [0.15, 0.2) is 11.4 Å². The molecule has 0 bridgehead atoms. The fourth-order valence-corrected chi connectivity index (χ4v) is 1.98. The van der Waals surface area contributed by atoms with E-state index in [0.717, 1.165) is 5.69 Å². The lowest BCUT2D eigenvalue weighted by Crippen LogP contribution is -2.31. The third-order valence-electron chi connectivity index (χ3n) is 3.15. The summed E-state index contributed by atoms with van der Waals surface area (Å²) >= 11 is 0. The highest BCUT2D eigenvalue weighted by atomic mass is 35.5. The number of hydrogen-bond donors (Lipinski definition) is 2. The molecule has 2 aromatic rings. The number of hydrogen-bond acceptors (Lipinski definition) is 4. The van der Waals surface area contributed by atoms with Gasteiger partial charge in [-0.25, -0.2) is 4.68 Å². The van der Waals surface area contributed by atoms with Crippen LogP contribution in [0, 0.1) is 5.92 Å². The number of benzene rings is 1. The van der Waals surface area contributed by atoms with Gasteiger partial charge in [-0.1, -0.05) is 32.0 Å². The van der Waals surface area contributed by atoms with Gasteiger partial charge in [-0.3, -0.25) is 4.79 Å². The molecule has 1 amide bonds. The summed E-state index contributed by atoms with van der Waals surface area (Å²) in [5.74, 6) is 0.647. The molecule has 1 aromatic heterocycles. The summed E-state index contributed by atoms with van der Waals surface area (Å²) in [5.41, 5.74) is 1.20. The lowest BCUT2D eigenvalue weighted by atomic mass is 10.2. The van der Waals surface area contributed by atoms with Crippen LogP contribution in [-0.2, 0) is 0 Å². The Morgan fingerprint density at radius 2 is 1.96 bits per heavy atom. The highest BCUT2D eigenvalue weighted by molar-refractivity contribution is 5.94. The van der Waals surface area contributed by atoms with Gasteiger partial charge in [-0.2, -0.15) is 5.10 Å². The van der Waals surface area contributed by atoms with Gasteiger partial charge >= 0.3 is 0 Å².